The fourth-order valence-electron chi connectivity index (χ4n) is 7.17. The lowest BCUT2D eigenvalue weighted by Gasteiger charge is -2.44. The Morgan fingerprint density at radius 2 is 1.23 bits per heavy atom. The summed E-state index contributed by atoms with van der Waals surface area (Å²) in [6.45, 7) is 0.959. The number of ether oxygens (including phenoxy) is 8. The molecule has 0 spiro atoms. The van der Waals surface area contributed by atoms with E-state index < -0.39 is 143 Å². The summed E-state index contributed by atoms with van der Waals surface area (Å²) >= 11 is 17.0. The highest BCUT2D eigenvalue weighted by atomic mass is 35.6. The molecule has 3 aromatic rings. The molecular weight excluding hydrogens is 1000 g/mol. The maximum atomic E-state index is 14.5. The summed E-state index contributed by atoms with van der Waals surface area (Å²) in [6.07, 6.45) is -11.3. The molecule has 0 unspecified atom stereocenters. The van der Waals surface area contributed by atoms with Gasteiger partial charge in [0.25, 0.3) is 0 Å². The van der Waals surface area contributed by atoms with Crippen molar-refractivity contribution < 1.29 is 93.4 Å². The van der Waals surface area contributed by atoms with Gasteiger partial charge in [-0.15, -0.1) is 0 Å². The molecule has 0 radical (unpaired) electrons. The Hall–Kier alpha value is -6.17. The monoisotopic (exact) mass is 1040 g/mol. The van der Waals surface area contributed by atoms with Gasteiger partial charge >= 0.3 is 42.2 Å². The van der Waals surface area contributed by atoms with Crippen LogP contribution >= 0.6 is 34.8 Å². The minimum Gasteiger partial charge on any atom is -0.463 e. The molecule has 3 N–H and O–H groups in total. The first-order valence-electron chi connectivity index (χ1n) is 20.5. The Kier molecular flexibility index (Phi) is 18.6. The second-order valence-corrected chi connectivity index (χ2v) is 17.5. The van der Waals surface area contributed by atoms with Gasteiger partial charge in [-0.05, 0) is 41.5 Å². The van der Waals surface area contributed by atoms with Gasteiger partial charge in [-0.2, -0.15) is 8.78 Å². The van der Waals surface area contributed by atoms with Gasteiger partial charge in [-0.1, -0.05) is 83.3 Å². The van der Waals surface area contributed by atoms with E-state index in [9.17, 15) is 55.5 Å². The van der Waals surface area contributed by atoms with Crippen LogP contribution in [0.3, 0.4) is 0 Å². The van der Waals surface area contributed by atoms with Crippen LogP contribution in [-0.4, -0.2) is 109 Å². The number of unbranched alkanes of at least 4 members (excludes halogenated alkanes) is 1. The second kappa shape index (κ2) is 23.9. The fourth-order valence-corrected chi connectivity index (χ4v) is 7.33. The van der Waals surface area contributed by atoms with Crippen molar-refractivity contribution in [1.82, 2.24) is 16.0 Å². The predicted octanol–water partition coefficient (Wildman–Crippen LogP) is 6.71. The molecule has 0 bridgehead atoms. The van der Waals surface area contributed by atoms with Crippen molar-refractivity contribution in [3.05, 3.63) is 88.7 Å². The summed E-state index contributed by atoms with van der Waals surface area (Å²) in [5.74, 6) is -19.0. The molecule has 1 heterocycles. The Labute approximate surface area is 403 Å². The molecule has 3 aromatic carbocycles. The second-order valence-electron chi connectivity index (χ2n) is 15.0. The summed E-state index contributed by atoms with van der Waals surface area (Å²) < 4.78 is 111. The van der Waals surface area contributed by atoms with Crippen LogP contribution in [0.15, 0.2) is 48.5 Å². The molecular formula is C43H41Cl3F5N3O15. The molecule has 1 aliphatic carbocycles. The summed E-state index contributed by atoms with van der Waals surface area (Å²) in [6, 6.07) is 11.1. The number of halogens is 8. The molecule has 1 saturated heterocycles. The van der Waals surface area contributed by atoms with Crippen LogP contribution < -0.4 is 20.7 Å². The fraction of sp³-hybridized carbons (Fsp3) is 0.419. The topological polar surface area (TPSA) is 229 Å². The highest BCUT2D eigenvalue weighted by Gasteiger charge is 2.53. The number of alkyl halides is 3. The number of benzene rings is 3. The standard InChI is InChI=1S/C43H41Cl3F5N3O15/c1-19(55)62-17-28-35(65-20(2)56)37(66-21(3)57)34(54-42(61)64-18-43(44,45)46)39(67-28)69-40(59)52-15-9-8-14-27(38(58)68-36-32(50)30(48)29(47)31(49)33(36)51)53-41(60)63-16-26-24-12-6-4-10-22(24)23-11-5-7-13-25(23)26/h4-7,10-13,26-28,34-35,37,39H,8-9,14-18H2,1-3H3,(H,52,59)(H,53,60)(H,54,61)/t27-,28+,34+,35+,37+,39-/m0/s1. The van der Waals surface area contributed by atoms with E-state index in [0.29, 0.717) is 0 Å². The maximum Gasteiger partial charge on any atom is 0.409 e. The molecule has 26 heteroatoms. The molecule has 6 atom stereocenters. The summed E-state index contributed by atoms with van der Waals surface area (Å²) in [4.78, 5) is 88.6. The smallest absolute Gasteiger partial charge is 0.409 e. The van der Waals surface area contributed by atoms with Crippen molar-refractivity contribution in [3.8, 4) is 16.9 Å². The number of hydrogen-bond donors (Lipinski definition) is 3. The summed E-state index contributed by atoms with van der Waals surface area (Å²) in [5, 5.41) is 6.77. The van der Waals surface area contributed by atoms with Crippen LogP contribution in [0.2, 0.25) is 0 Å². The van der Waals surface area contributed by atoms with E-state index in [2.05, 4.69) is 20.7 Å². The molecule has 5 rings (SSSR count). The number of carbonyl (C=O) groups is 7. The lowest BCUT2D eigenvalue weighted by atomic mass is 9.96. The predicted molar refractivity (Wildman–Crippen MR) is 227 cm³/mol. The first kappa shape index (κ1) is 53.8. The first-order chi connectivity index (χ1) is 32.6. The van der Waals surface area contributed by atoms with Gasteiger partial charge in [-0.25, -0.2) is 32.3 Å². The van der Waals surface area contributed by atoms with E-state index in [0.717, 1.165) is 43.0 Å². The molecule has 2 aliphatic rings. The third kappa shape index (κ3) is 14.4. The van der Waals surface area contributed by atoms with Crippen molar-refractivity contribution in [1.29, 1.82) is 0 Å². The zero-order valence-electron chi connectivity index (χ0n) is 36.3. The van der Waals surface area contributed by atoms with Gasteiger partial charge in [0, 0.05) is 33.2 Å². The molecule has 0 aromatic heterocycles. The van der Waals surface area contributed by atoms with Gasteiger partial charge in [0.05, 0.1) is 0 Å². The largest absolute Gasteiger partial charge is 0.463 e. The number of nitrogens with one attached hydrogen (secondary N) is 3. The van der Waals surface area contributed by atoms with Crippen LogP contribution in [0.5, 0.6) is 5.75 Å². The number of rotatable bonds is 17. The SMILES string of the molecule is CC(=O)OC[C@H]1O[C@@H](OC(=O)NCCCC[C@H](NC(=O)OCC2c3ccccc3-c3ccccc32)C(=O)Oc2c(F)c(F)c(F)c(F)c2F)[C@H](NC(=O)OCC(Cl)(Cl)Cl)[C@@H](OC(C)=O)[C@@H]1OC(C)=O. The minimum absolute atomic E-state index is 0.0794. The summed E-state index contributed by atoms with van der Waals surface area (Å²) in [7, 11) is 0. The number of esters is 4. The van der Waals surface area contributed by atoms with Gasteiger partial charge in [0.15, 0.2) is 12.2 Å². The highest BCUT2D eigenvalue weighted by molar-refractivity contribution is 6.67. The summed E-state index contributed by atoms with van der Waals surface area (Å²) in [5.41, 5.74) is 3.46. The Bertz CT molecular complexity index is 2360. The van der Waals surface area contributed by atoms with Gasteiger partial charge in [0.2, 0.25) is 44.9 Å². The molecule has 374 valence electrons. The first-order valence-corrected chi connectivity index (χ1v) is 21.6. The molecule has 3 amide bonds. The van der Waals surface area contributed by atoms with E-state index in [4.69, 9.17) is 68.0 Å². The van der Waals surface area contributed by atoms with Gasteiger partial charge in [-0.3, -0.25) is 14.4 Å². The highest BCUT2D eigenvalue weighted by Crippen LogP contribution is 2.44. The Balaban J connectivity index is 1.28. The number of carbonyl (C=O) groups excluding carboxylic acids is 7. The zero-order valence-corrected chi connectivity index (χ0v) is 38.5. The van der Waals surface area contributed by atoms with Crippen LogP contribution in [0.1, 0.15) is 57.1 Å². The van der Waals surface area contributed by atoms with E-state index in [1.165, 1.54) is 0 Å². The molecule has 1 fully saturated rings. The van der Waals surface area contributed by atoms with E-state index >= 15 is 0 Å². The lowest BCUT2D eigenvalue weighted by Crippen LogP contribution is -2.67. The van der Waals surface area contributed by atoms with Crippen LogP contribution in [0.4, 0.5) is 36.3 Å². The molecule has 18 nitrogen and oxygen atoms in total. The van der Waals surface area contributed by atoms with Crippen molar-refractivity contribution in [3.63, 3.8) is 0 Å². The van der Waals surface area contributed by atoms with Gasteiger partial charge in [0.1, 0.15) is 38.0 Å². The minimum atomic E-state index is -2.51. The van der Waals surface area contributed by atoms with Crippen molar-refractivity contribution in [2.75, 3.05) is 26.4 Å². The van der Waals surface area contributed by atoms with E-state index in [1.807, 2.05) is 36.4 Å². The third-order valence-electron chi connectivity index (χ3n) is 10.1. The number of fused-ring (bicyclic) bond motifs is 3. The molecule has 0 saturated carbocycles. The van der Waals surface area contributed by atoms with Crippen molar-refractivity contribution >= 4 is 77.0 Å². The number of alkyl carbamates (subject to hydrolysis) is 3. The van der Waals surface area contributed by atoms with Crippen LogP contribution in [0.25, 0.3) is 11.1 Å². The zero-order chi connectivity index (χ0) is 50.7. The van der Waals surface area contributed by atoms with Crippen molar-refractivity contribution in [2.24, 2.45) is 0 Å². The van der Waals surface area contributed by atoms with E-state index in [1.54, 1.807) is 12.1 Å². The Morgan fingerprint density at radius 1 is 0.667 bits per heavy atom. The maximum absolute atomic E-state index is 14.5. The normalized spacial score (nSPS) is 18.9. The van der Waals surface area contributed by atoms with Crippen LogP contribution in [-0.2, 0) is 52.3 Å². The Morgan fingerprint density at radius 3 is 1.80 bits per heavy atom. The van der Waals surface area contributed by atoms with Crippen LogP contribution in [0, 0.1) is 29.1 Å². The molecule has 69 heavy (non-hydrogen) atoms. The average Bonchev–Trinajstić information content (AvgIpc) is 3.61. The lowest BCUT2D eigenvalue weighted by molar-refractivity contribution is -0.262. The quantitative estimate of drug-likeness (QED) is 0.0187. The van der Waals surface area contributed by atoms with Crippen molar-refractivity contribution in [2.45, 2.75) is 86.4 Å². The third-order valence-corrected chi connectivity index (χ3v) is 10.4. The van der Waals surface area contributed by atoms with E-state index in [-0.39, 0.29) is 26.0 Å². The molecule has 1 aliphatic heterocycles. The average molecular weight is 1040 g/mol. The number of amides is 3. The number of hydrogen-bond acceptors (Lipinski definition) is 15. The van der Waals surface area contributed by atoms with Gasteiger partial charge < -0.3 is 53.8 Å².